The molecule has 0 N–H and O–H groups in total. The van der Waals surface area contributed by atoms with Crippen LogP contribution >= 0.6 is 0 Å². The van der Waals surface area contributed by atoms with Crippen LogP contribution in [0.2, 0.25) is 0 Å². The van der Waals surface area contributed by atoms with Gasteiger partial charge >= 0.3 is 0 Å². The zero-order valence-electron chi connectivity index (χ0n) is 12.1. The highest BCUT2D eigenvalue weighted by Gasteiger charge is 2.21. The SMILES string of the molecule is CCc1cc2ccccc2n1S(=O)(=O)c1ccc(C)cc1. The minimum atomic E-state index is -3.57. The molecule has 0 aliphatic rings. The van der Waals surface area contributed by atoms with E-state index in [1.807, 2.05) is 56.3 Å². The summed E-state index contributed by atoms with van der Waals surface area (Å²) in [4.78, 5) is 0.323. The topological polar surface area (TPSA) is 39.1 Å². The van der Waals surface area contributed by atoms with Gasteiger partial charge in [-0.15, -0.1) is 0 Å². The van der Waals surface area contributed by atoms with E-state index in [0.717, 1.165) is 22.2 Å². The van der Waals surface area contributed by atoms with Crippen LogP contribution in [-0.2, 0) is 16.4 Å². The van der Waals surface area contributed by atoms with Crippen LogP contribution in [0.15, 0.2) is 59.5 Å². The van der Waals surface area contributed by atoms with E-state index in [1.165, 1.54) is 3.97 Å². The molecule has 3 nitrogen and oxygen atoms in total. The summed E-state index contributed by atoms with van der Waals surface area (Å²) in [6.45, 7) is 3.91. The highest BCUT2D eigenvalue weighted by atomic mass is 32.2. The number of aromatic nitrogens is 1. The Hall–Kier alpha value is -2.07. The standard InChI is InChI=1S/C17H17NO2S/c1-3-15-12-14-6-4-5-7-17(14)18(15)21(19,20)16-10-8-13(2)9-11-16/h4-12H,3H2,1-2H3. The molecule has 1 heterocycles. The fourth-order valence-corrected chi connectivity index (χ4v) is 4.14. The normalized spacial score (nSPS) is 11.9. The van der Waals surface area contributed by atoms with Crippen LogP contribution in [0, 0.1) is 6.92 Å². The molecule has 0 saturated carbocycles. The third-order valence-electron chi connectivity index (χ3n) is 3.66. The molecule has 0 atom stereocenters. The Morgan fingerprint density at radius 2 is 1.67 bits per heavy atom. The molecular formula is C17H17NO2S. The maximum Gasteiger partial charge on any atom is 0.268 e. The Balaban J connectivity index is 2.30. The number of aryl methyl sites for hydroxylation is 2. The van der Waals surface area contributed by atoms with E-state index in [4.69, 9.17) is 0 Å². The second kappa shape index (κ2) is 5.04. The predicted octanol–water partition coefficient (Wildman–Crippen LogP) is 3.75. The van der Waals surface area contributed by atoms with Gasteiger partial charge in [0.1, 0.15) is 0 Å². The number of benzene rings is 2. The lowest BCUT2D eigenvalue weighted by Gasteiger charge is -2.11. The van der Waals surface area contributed by atoms with Crippen molar-refractivity contribution in [2.45, 2.75) is 25.2 Å². The molecule has 0 bridgehead atoms. The first-order valence-electron chi connectivity index (χ1n) is 6.95. The Kier molecular flexibility index (Phi) is 3.33. The summed E-state index contributed by atoms with van der Waals surface area (Å²) in [7, 11) is -3.57. The molecule has 0 fully saturated rings. The van der Waals surface area contributed by atoms with E-state index in [9.17, 15) is 8.42 Å². The summed E-state index contributed by atoms with van der Waals surface area (Å²) in [6.07, 6.45) is 0.666. The number of nitrogens with zero attached hydrogens (tertiary/aromatic N) is 1. The van der Waals surface area contributed by atoms with Crippen molar-refractivity contribution >= 4 is 20.9 Å². The third kappa shape index (κ3) is 2.25. The van der Waals surface area contributed by atoms with Gasteiger partial charge in [-0.3, -0.25) is 0 Å². The maximum atomic E-state index is 13.0. The first-order chi connectivity index (χ1) is 10.0. The van der Waals surface area contributed by atoms with Gasteiger partial charge in [0.25, 0.3) is 10.0 Å². The largest absolute Gasteiger partial charge is 0.268 e. The van der Waals surface area contributed by atoms with Crippen molar-refractivity contribution < 1.29 is 8.42 Å². The molecule has 108 valence electrons. The van der Waals surface area contributed by atoms with E-state index in [-0.39, 0.29) is 0 Å². The zero-order valence-corrected chi connectivity index (χ0v) is 12.9. The monoisotopic (exact) mass is 299 g/mol. The second-order valence-corrected chi connectivity index (χ2v) is 6.92. The van der Waals surface area contributed by atoms with Crippen molar-refractivity contribution in [3.05, 3.63) is 65.9 Å². The van der Waals surface area contributed by atoms with Crippen molar-refractivity contribution in [2.24, 2.45) is 0 Å². The molecular weight excluding hydrogens is 282 g/mol. The predicted molar refractivity (Wildman–Crippen MR) is 85.1 cm³/mol. The number of hydrogen-bond acceptors (Lipinski definition) is 2. The maximum absolute atomic E-state index is 13.0. The quantitative estimate of drug-likeness (QED) is 0.739. The van der Waals surface area contributed by atoms with E-state index in [1.54, 1.807) is 12.1 Å². The van der Waals surface area contributed by atoms with Crippen LogP contribution in [-0.4, -0.2) is 12.4 Å². The van der Waals surface area contributed by atoms with Gasteiger partial charge in [-0.1, -0.05) is 42.8 Å². The van der Waals surface area contributed by atoms with Gasteiger partial charge in [-0.25, -0.2) is 12.4 Å². The van der Waals surface area contributed by atoms with Crippen molar-refractivity contribution in [2.75, 3.05) is 0 Å². The molecule has 0 aliphatic carbocycles. The molecule has 3 aromatic rings. The van der Waals surface area contributed by atoms with Gasteiger partial charge in [-0.2, -0.15) is 0 Å². The fraction of sp³-hybridized carbons (Fsp3) is 0.176. The molecule has 2 aromatic carbocycles. The average Bonchev–Trinajstić information content (AvgIpc) is 2.87. The lowest BCUT2D eigenvalue weighted by Crippen LogP contribution is -2.15. The number of rotatable bonds is 3. The van der Waals surface area contributed by atoms with Gasteiger partial charge in [0.2, 0.25) is 0 Å². The summed E-state index contributed by atoms with van der Waals surface area (Å²) in [5.74, 6) is 0. The molecule has 0 radical (unpaired) electrons. The number of hydrogen-bond donors (Lipinski definition) is 0. The molecule has 0 saturated heterocycles. The van der Waals surface area contributed by atoms with Crippen molar-refractivity contribution in [3.63, 3.8) is 0 Å². The Bertz CT molecular complexity index is 890. The summed E-state index contributed by atoms with van der Waals surface area (Å²) < 4.78 is 27.4. The molecule has 4 heteroatoms. The van der Waals surface area contributed by atoms with E-state index in [2.05, 4.69) is 0 Å². The molecule has 0 spiro atoms. The van der Waals surface area contributed by atoms with Crippen molar-refractivity contribution in [3.8, 4) is 0 Å². The average molecular weight is 299 g/mol. The molecule has 0 unspecified atom stereocenters. The second-order valence-electron chi connectivity index (χ2n) is 5.13. The smallest absolute Gasteiger partial charge is 0.238 e. The summed E-state index contributed by atoms with van der Waals surface area (Å²) in [5.41, 5.74) is 2.58. The summed E-state index contributed by atoms with van der Waals surface area (Å²) in [6, 6.07) is 16.5. The number of para-hydroxylation sites is 1. The Labute approximate surface area is 124 Å². The van der Waals surface area contributed by atoms with Crippen LogP contribution in [0.4, 0.5) is 0 Å². The van der Waals surface area contributed by atoms with Gasteiger partial charge < -0.3 is 0 Å². The third-order valence-corrected chi connectivity index (χ3v) is 5.44. The highest BCUT2D eigenvalue weighted by molar-refractivity contribution is 7.90. The van der Waals surface area contributed by atoms with Crippen LogP contribution in [0.5, 0.6) is 0 Å². The van der Waals surface area contributed by atoms with Crippen molar-refractivity contribution in [1.82, 2.24) is 3.97 Å². The minimum absolute atomic E-state index is 0.323. The lowest BCUT2D eigenvalue weighted by atomic mass is 10.2. The Morgan fingerprint density at radius 3 is 2.33 bits per heavy atom. The van der Waals surface area contributed by atoms with Crippen LogP contribution < -0.4 is 0 Å². The summed E-state index contributed by atoms with van der Waals surface area (Å²) in [5, 5.41) is 0.949. The Morgan fingerprint density at radius 1 is 1.00 bits per heavy atom. The minimum Gasteiger partial charge on any atom is -0.238 e. The van der Waals surface area contributed by atoms with Crippen LogP contribution in [0.25, 0.3) is 10.9 Å². The molecule has 21 heavy (non-hydrogen) atoms. The van der Waals surface area contributed by atoms with E-state index in [0.29, 0.717) is 11.3 Å². The van der Waals surface area contributed by atoms with Gasteiger partial charge in [0, 0.05) is 11.1 Å². The molecule has 0 amide bonds. The molecule has 1 aromatic heterocycles. The van der Waals surface area contributed by atoms with Crippen molar-refractivity contribution in [1.29, 1.82) is 0 Å². The summed E-state index contributed by atoms with van der Waals surface area (Å²) >= 11 is 0. The first-order valence-corrected chi connectivity index (χ1v) is 8.39. The van der Waals surface area contributed by atoms with Gasteiger partial charge in [-0.05, 0) is 37.6 Å². The number of fused-ring (bicyclic) bond motifs is 1. The molecule has 3 rings (SSSR count). The van der Waals surface area contributed by atoms with E-state index >= 15 is 0 Å². The lowest BCUT2D eigenvalue weighted by molar-refractivity contribution is 0.587. The zero-order chi connectivity index (χ0) is 15.0. The first kappa shape index (κ1) is 13.9. The van der Waals surface area contributed by atoms with Crippen LogP contribution in [0.3, 0.4) is 0 Å². The molecule has 0 aliphatic heterocycles. The van der Waals surface area contributed by atoms with Gasteiger partial charge in [0.05, 0.1) is 10.4 Å². The van der Waals surface area contributed by atoms with Gasteiger partial charge in [0.15, 0.2) is 0 Å². The fourth-order valence-electron chi connectivity index (χ4n) is 2.53. The van der Waals surface area contributed by atoms with E-state index < -0.39 is 10.0 Å². The van der Waals surface area contributed by atoms with Crippen LogP contribution in [0.1, 0.15) is 18.2 Å². The highest BCUT2D eigenvalue weighted by Crippen LogP contribution is 2.26.